The Morgan fingerprint density at radius 2 is 1.83 bits per heavy atom. The number of carbonyl (C=O) groups is 1. The molecule has 0 radical (unpaired) electrons. The third-order valence-corrected chi connectivity index (χ3v) is 7.26. The van der Waals surface area contributed by atoms with Crippen LogP contribution in [0.1, 0.15) is 16.1 Å². The fraction of sp³-hybridized carbons (Fsp3) is 0. The van der Waals surface area contributed by atoms with Crippen LogP contribution in [0.15, 0.2) is 41.3 Å². The molecular formula is C11H4Br2N2Na2O5S2. The molecule has 13 heteroatoms. The zero-order valence-corrected chi connectivity index (χ0v) is 21.1. The minimum atomic E-state index is -4.16. The van der Waals surface area contributed by atoms with Crippen LogP contribution in [0.2, 0.25) is 0 Å². The van der Waals surface area contributed by atoms with Gasteiger partial charge in [-0.25, -0.2) is 0 Å². The molecular weight excluding hydrogens is 510 g/mol. The van der Waals surface area contributed by atoms with E-state index < -0.39 is 21.9 Å². The van der Waals surface area contributed by atoms with Crippen molar-refractivity contribution in [2.45, 2.75) is 4.21 Å². The second-order valence-corrected chi connectivity index (χ2v) is 8.83. The van der Waals surface area contributed by atoms with Gasteiger partial charge < -0.3 is 15.0 Å². The van der Waals surface area contributed by atoms with Gasteiger partial charge in [0.1, 0.15) is 4.21 Å². The Kier molecular flexibility index (Phi) is 10.4. The molecule has 0 aliphatic heterocycles. The first-order valence-electron chi connectivity index (χ1n) is 5.35. The molecule has 0 aliphatic carbocycles. The molecule has 0 bridgehead atoms. The molecule has 7 nitrogen and oxygen atoms in total. The molecule has 0 saturated heterocycles. The van der Waals surface area contributed by atoms with Crippen molar-refractivity contribution in [3.8, 4) is 0 Å². The van der Waals surface area contributed by atoms with Crippen molar-refractivity contribution in [3.05, 3.63) is 43.9 Å². The van der Waals surface area contributed by atoms with E-state index in [2.05, 4.69) is 41.2 Å². The second kappa shape index (κ2) is 10.1. The molecule has 0 fully saturated rings. The summed E-state index contributed by atoms with van der Waals surface area (Å²) in [6.07, 6.45) is 0.923. The molecule has 2 heterocycles. The van der Waals surface area contributed by atoms with Gasteiger partial charge >= 0.3 is 59.1 Å². The summed E-state index contributed by atoms with van der Waals surface area (Å²) in [5.74, 6) is -2.55. The maximum absolute atomic E-state index is 12.0. The first kappa shape index (κ1) is 24.7. The molecule has 0 spiro atoms. The van der Waals surface area contributed by atoms with E-state index >= 15 is 0 Å². The normalized spacial score (nSPS) is 11.3. The third-order valence-electron chi connectivity index (χ3n) is 2.30. The maximum atomic E-state index is 12.0. The summed E-state index contributed by atoms with van der Waals surface area (Å²) in [6, 6.07) is 3.46. The van der Waals surface area contributed by atoms with Gasteiger partial charge in [0.2, 0.25) is 0 Å². The maximum Gasteiger partial charge on any atom is 1.00 e. The Labute approximate surface area is 202 Å². The Bertz CT molecular complexity index is 850. The van der Waals surface area contributed by atoms with Crippen LogP contribution in [0, 0.1) is 0 Å². The van der Waals surface area contributed by atoms with E-state index in [9.17, 15) is 23.4 Å². The van der Waals surface area contributed by atoms with Gasteiger partial charge in [0.25, 0.3) is 10.0 Å². The molecule has 0 unspecified atom stereocenters. The average molecular weight is 514 g/mol. The van der Waals surface area contributed by atoms with Gasteiger partial charge in [-0.1, -0.05) is 6.07 Å². The summed E-state index contributed by atoms with van der Waals surface area (Å²) >= 11 is 7.19. The summed E-state index contributed by atoms with van der Waals surface area (Å²) in [6.45, 7) is 0. The predicted octanol–water partition coefficient (Wildman–Crippen LogP) is -5.46. The number of rotatable bonds is 4. The molecule has 2 aromatic rings. The van der Waals surface area contributed by atoms with E-state index in [0.717, 1.165) is 29.7 Å². The standard InChI is InChI=1S/C11H6Br2N2O5S2.2Na/c12-6-3-8(21-9(6)13)22(19,20)15-10(16)5-1-2-7(11(17)18)14-4-5;;/h1-4H,(H,15,16)(H,17,18);;/q;2*+1/p-2. The fourth-order valence-corrected chi connectivity index (χ4v) is 5.01. The fourth-order valence-electron chi connectivity index (χ4n) is 1.30. The number of halogens is 2. The van der Waals surface area contributed by atoms with Gasteiger partial charge in [-0.2, -0.15) is 12.8 Å². The first-order chi connectivity index (χ1) is 10.2. The van der Waals surface area contributed by atoms with Crippen molar-refractivity contribution < 1.29 is 82.5 Å². The number of thiophene rings is 1. The van der Waals surface area contributed by atoms with Crippen molar-refractivity contribution in [2.75, 3.05) is 0 Å². The van der Waals surface area contributed by atoms with E-state index in [4.69, 9.17) is 0 Å². The van der Waals surface area contributed by atoms with Crippen LogP contribution in [0.4, 0.5) is 0 Å². The molecule has 0 aromatic carbocycles. The number of carbonyl (C=O) groups excluding carboxylic acids is 1. The molecule has 0 amide bonds. The minimum Gasteiger partial charge on any atom is -0.858 e. The average Bonchev–Trinajstić information content (AvgIpc) is 2.79. The number of aromatic carboxylic acids is 1. The summed E-state index contributed by atoms with van der Waals surface area (Å²) < 4.78 is 28.2. The first-order valence-corrected chi connectivity index (χ1v) is 9.19. The number of aromatic nitrogens is 1. The van der Waals surface area contributed by atoms with Crippen LogP contribution in [-0.4, -0.2) is 25.3 Å². The van der Waals surface area contributed by atoms with E-state index in [0.29, 0.717) is 8.26 Å². The molecule has 116 valence electrons. The number of nitrogens with zero attached hydrogens (tertiary/aromatic N) is 2. The van der Waals surface area contributed by atoms with Crippen molar-refractivity contribution in [2.24, 2.45) is 4.40 Å². The summed E-state index contributed by atoms with van der Waals surface area (Å²) in [7, 11) is -4.16. The van der Waals surface area contributed by atoms with Crippen molar-refractivity contribution in [1.29, 1.82) is 0 Å². The molecule has 2 aromatic heterocycles. The van der Waals surface area contributed by atoms with Crippen LogP contribution in [0.25, 0.3) is 0 Å². The van der Waals surface area contributed by atoms with E-state index in [1.54, 1.807) is 0 Å². The zero-order valence-electron chi connectivity index (χ0n) is 12.3. The molecule has 2 rings (SSSR count). The van der Waals surface area contributed by atoms with E-state index in [-0.39, 0.29) is 74.6 Å². The van der Waals surface area contributed by atoms with Crippen LogP contribution in [0.3, 0.4) is 0 Å². The smallest absolute Gasteiger partial charge is 0.858 e. The largest absolute Gasteiger partial charge is 1.00 e. The van der Waals surface area contributed by atoms with Crippen molar-refractivity contribution >= 4 is 65.1 Å². The Balaban J connectivity index is 0.00000264. The molecule has 0 saturated carbocycles. The van der Waals surface area contributed by atoms with Gasteiger partial charge in [-0.3, -0.25) is 4.98 Å². The number of hydrogen-bond donors (Lipinski definition) is 0. The number of pyridine rings is 1. The van der Waals surface area contributed by atoms with E-state index in [1.165, 1.54) is 6.07 Å². The summed E-state index contributed by atoms with van der Waals surface area (Å²) in [4.78, 5) is 14.0. The van der Waals surface area contributed by atoms with Gasteiger partial charge in [-0.05, 0) is 44.0 Å². The molecule has 0 N–H and O–H groups in total. The Morgan fingerprint density at radius 3 is 2.25 bits per heavy atom. The van der Waals surface area contributed by atoms with Crippen LogP contribution in [0.5, 0.6) is 0 Å². The third kappa shape index (κ3) is 6.15. The van der Waals surface area contributed by atoms with Gasteiger partial charge in [-0.15, -0.1) is 11.3 Å². The number of carboxylic acid groups (broad SMARTS) is 1. The Morgan fingerprint density at radius 1 is 1.21 bits per heavy atom. The topological polar surface area (TPSA) is 123 Å². The summed E-state index contributed by atoms with van der Waals surface area (Å²) in [5, 5.41) is 22.4. The number of hydrogen-bond acceptors (Lipinski definition) is 7. The van der Waals surface area contributed by atoms with Crippen LogP contribution < -0.4 is 69.3 Å². The molecule has 0 atom stereocenters. The van der Waals surface area contributed by atoms with Crippen LogP contribution >= 0.6 is 43.2 Å². The van der Waals surface area contributed by atoms with Crippen molar-refractivity contribution in [1.82, 2.24) is 4.98 Å². The molecule has 0 aliphatic rings. The number of carboxylic acids is 1. The Hall–Kier alpha value is 0.700. The summed E-state index contributed by atoms with van der Waals surface area (Å²) in [5.41, 5.74) is -0.520. The number of sulfonamides is 1. The zero-order chi connectivity index (χ0) is 16.5. The van der Waals surface area contributed by atoms with Crippen molar-refractivity contribution in [3.63, 3.8) is 0 Å². The van der Waals surface area contributed by atoms with Gasteiger partial charge in [0, 0.05) is 22.1 Å². The van der Waals surface area contributed by atoms with Gasteiger partial charge in [0.15, 0.2) is 0 Å². The minimum absolute atomic E-state index is 0. The van der Waals surface area contributed by atoms with E-state index in [1.807, 2.05) is 0 Å². The SMILES string of the molecule is O=C([O-])c1ccc(/C([O-])=N/S(=O)(=O)c2cc(Br)c(Br)s2)cn1.[Na+].[Na+]. The van der Waals surface area contributed by atoms with Crippen LogP contribution in [-0.2, 0) is 10.0 Å². The second-order valence-electron chi connectivity index (χ2n) is 3.78. The monoisotopic (exact) mass is 512 g/mol. The molecule has 24 heavy (non-hydrogen) atoms. The van der Waals surface area contributed by atoms with Gasteiger partial charge in [0.05, 0.1) is 15.4 Å². The quantitative estimate of drug-likeness (QED) is 0.228. The predicted molar refractivity (Wildman–Crippen MR) is 82.0 cm³/mol.